The van der Waals surface area contributed by atoms with Crippen molar-refractivity contribution in [3.8, 4) is 0 Å². The number of primary amides is 1. The van der Waals surface area contributed by atoms with E-state index in [9.17, 15) is 33.9 Å². The highest BCUT2D eigenvalue weighted by Gasteiger charge is 2.32. The summed E-state index contributed by atoms with van der Waals surface area (Å²) in [5, 5.41) is 34.2. The Labute approximate surface area is 199 Å². The van der Waals surface area contributed by atoms with Gasteiger partial charge in [0.25, 0.3) is 0 Å². The van der Waals surface area contributed by atoms with Crippen LogP contribution in [0.1, 0.15) is 32.6 Å². The first kappa shape index (κ1) is 31.0. The number of hydrogen-bond acceptors (Lipinski definition) is 9. The van der Waals surface area contributed by atoms with Crippen LogP contribution in [-0.2, 0) is 28.8 Å². The third-order valence-corrected chi connectivity index (χ3v) is 4.39. The zero-order valence-electron chi connectivity index (χ0n) is 19.0. The van der Waals surface area contributed by atoms with E-state index in [2.05, 4.69) is 20.9 Å². The standard InChI is InChI=1S/C18H32N8O9/c1-7(27)13(17(34)35)26-15(32)9(3-2-4-23-18(21)22)24-16(33)10(6-12(29)30)25-14(31)8(19)5-11(20)28/h7-10,13,27H,2-6,19H2,1H3,(H2,20,28)(H,24,33)(H,25,31)(H,26,32)(H,29,30)(H,34,35)(H4,21,22,23). The number of carbonyl (C=O) groups excluding carboxylic acids is 4. The minimum absolute atomic E-state index is 0.0397. The summed E-state index contributed by atoms with van der Waals surface area (Å²) in [6.07, 6.45) is -2.97. The van der Waals surface area contributed by atoms with E-state index in [1.807, 2.05) is 0 Å². The highest BCUT2D eigenvalue weighted by molar-refractivity contribution is 5.96. The number of nitrogens with zero attached hydrogens (tertiary/aromatic N) is 1. The van der Waals surface area contributed by atoms with Crippen molar-refractivity contribution in [1.82, 2.24) is 16.0 Å². The molecule has 0 aliphatic rings. The fraction of sp³-hybridized carbons (Fsp3) is 0.611. The summed E-state index contributed by atoms with van der Waals surface area (Å²) in [4.78, 5) is 74.7. The van der Waals surface area contributed by atoms with Crippen LogP contribution in [0, 0.1) is 0 Å². The fourth-order valence-electron chi connectivity index (χ4n) is 2.66. The van der Waals surface area contributed by atoms with Gasteiger partial charge in [0.15, 0.2) is 12.0 Å². The number of amides is 4. The first-order chi connectivity index (χ1) is 16.1. The second kappa shape index (κ2) is 15.0. The first-order valence-electron chi connectivity index (χ1n) is 10.3. The molecule has 0 bridgehead atoms. The lowest BCUT2D eigenvalue weighted by Gasteiger charge is -2.25. The number of nitrogens with one attached hydrogen (secondary N) is 3. The summed E-state index contributed by atoms with van der Waals surface area (Å²) in [6, 6.07) is -6.30. The number of guanidine groups is 1. The summed E-state index contributed by atoms with van der Waals surface area (Å²) in [7, 11) is 0. The van der Waals surface area contributed by atoms with Gasteiger partial charge in [-0.2, -0.15) is 0 Å². The van der Waals surface area contributed by atoms with Crippen LogP contribution < -0.4 is 38.9 Å². The molecule has 14 N–H and O–H groups in total. The maximum absolute atomic E-state index is 12.7. The van der Waals surface area contributed by atoms with Crippen molar-refractivity contribution in [1.29, 1.82) is 0 Å². The van der Waals surface area contributed by atoms with Crippen LogP contribution in [0.3, 0.4) is 0 Å². The first-order valence-corrected chi connectivity index (χ1v) is 10.3. The summed E-state index contributed by atoms with van der Waals surface area (Å²) >= 11 is 0. The molecule has 17 heteroatoms. The van der Waals surface area contributed by atoms with Gasteiger partial charge in [-0.25, -0.2) is 4.79 Å². The van der Waals surface area contributed by atoms with E-state index in [-0.39, 0.29) is 25.3 Å². The number of carboxylic acids is 2. The van der Waals surface area contributed by atoms with Crippen molar-refractivity contribution in [2.75, 3.05) is 6.54 Å². The molecule has 0 radical (unpaired) electrons. The molecule has 17 nitrogen and oxygen atoms in total. The maximum atomic E-state index is 12.7. The lowest BCUT2D eigenvalue weighted by molar-refractivity contribution is -0.145. The number of carboxylic acid groups (broad SMARTS) is 2. The minimum Gasteiger partial charge on any atom is -0.481 e. The van der Waals surface area contributed by atoms with Crippen LogP contribution in [0.4, 0.5) is 0 Å². The number of carbonyl (C=O) groups is 6. The third-order valence-electron chi connectivity index (χ3n) is 4.39. The fourth-order valence-corrected chi connectivity index (χ4v) is 2.66. The molecule has 0 aromatic heterocycles. The monoisotopic (exact) mass is 504 g/mol. The van der Waals surface area contributed by atoms with Crippen molar-refractivity contribution in [2.24, 2.45) is 27.9 Å². The van der Waals surface area contributed by atoms with Crippen LogP contribution in [0.25, 0.3) is 0 Å². The van der Waals surface area contributed by atoms with Gasteiger partial charge in [-0.1, -0.05) is 0 Å². The van der Waals surface area contributed by atoms with Gasteiger partial charge in [0.05, 0.1) is 25.0 Å². The minimum atomic E-state index is -1.71. The molecule has 35 heavy (non-hydrogen) atoms. The summed E-state index contributed by atoms with van der Waals surface area (Å²) in [6.45, 7) is 1.16. The van der Waals surface area contributed by atoms with Gasteiger partial charge in [-0.05, 0) is 19.8 Å². The lowest BCUT2D eigenvalue weighted by atomic mass is 10.1. The van der Waals surface area contributed by atoms with Crippen molar-refractivity contribution in [3.63, 3.8) is 0 Å². The largest absolute Gasteiger partial charge is 0.481 e. The van der Waals surface area contributed by atoms with Crippen LogP contribution in [0.2, 0.25) is 0 Å². The molecular formula is C18H32N8O9. The molecule has 4 amide bonds. The average Bonchev–Trinajstić information content (AvgIpc) is 2.71. The third kappa shape index (κ3) is 12.7. The second-order valence-corrected chi connectivity index (χ2v) is 7.51. The van der Waals surface area contributed by atoms with Crippen molar-refractivity contribution >= 4 is 41.5 Å². The number of aliphatic imine (C=N–C) groups is 1. The Bertz CT molecular complexity index is 829. The summed E-state index contributed by atoms with van der Waals surface area (Å²) in [5.41, 5.74) is 20.9. The predicted molar refractivity (Wildman–Crippen MR) is 119 cm³/mol. The van der Waals surface area contributed by atoms with Gasteiger partial charge in [-0.15, -0.1) is 0 Å². The second-order valence-electron chi connectivity index (χ2n) is 7.51. The molecule has 0 spiro atoms. The van der Waals surface area contributed by atoms with Crippen LogP contribution >= 0.6 is 0 Å². The van der Waals surface area contributed by atoms with E-state index in [0.717, 1.165) is 6.92 Å². The Morgan fingerprint density at radius 1 is 0.857 bits per heavy atom. The number of aliphatic hydroxyl groups is 1. The van der Waals surface area contributed by atoms with E-state index in [1.165, 1.54) is 0 Å². The summed E-state index contributed by atoms with van der Waals surface area (Å²) < 4.78 is 0. The van der Waals surface area contributed by atoms with Gasteiger partial charge < -0.3 is 54.2 Å². The van der Waals surface area contributed by atoms with E-state index in [1.54, 1.807) is 0 Å². The number of nitrogens with two attached hydrogens (primary N) is 4. The molecule has 198 valence electrons. The highest BCUT2D eigenvalue weighted by atomic mass is 16.4. The molecule has 0 saturated heterocycles. The van der Waals surface area contributed by atoms with Crippen molar-refractivity contribution in [3.05, 3.63) is 0 Å². The van der Waals surface area contributed by atoms with Gasteiger partial charge in [0.2, 0.25) is 23.6 Å². The Hall–Kier alpha value is -3.99. The SMILES string of the molecule is CC(O)C(NC(=O)C(CCCN=C(N)N)NC(=O)C(CC(=O)O)NC(=O)C(N)CC(N)=O)C(=O)O. The van der Waals surface area contributed by atoms with Crippen molar-refractivity contribution < 1.29 is 44.1 Å². The van der Waals surface area contributed by atoms with Gasteiger partial charge >= 0.3 is 11.9 Å². The zero-order valence-corrected chi connectivity index (χ0v) is 19.0. The van der Waals surface area contributed by atoms with E-state index in [0.29, 0.717) is 0 Å². The van der Waals surface area contributed by atoms with E-state index >= 15 is 0 Å². The molecule has 0 aliphatic carbocycles. The molecule has 0 aromatic rings. The summed E-state index contributed by atoms with van der Waals surface area (Å²) in [5.74, 6) is -7.33. The van der Waals surface area contributed by atoms with Crippen LogP contribution in [0.5, 0.6) is 0 Å². The number of aliphatic hydroxyl groups excluding tert-OH is 1. The van der Waals surface area contributed by atoms with Gasteiger partial charge in [0, 0.05) is 6.54 Å². The number of hydrogen-bond donors (Lipinski definition) is 10. The molecule has 0 saturated carbocycles. The Morgan fingerprint density at radius 2 is 1.40 bits per heavy atom. The Morgan fingerprint density at radius 3 is 1.86 bits per heavy atom. The van der Waals surface area contributed by atoms with Crippen LogP contribution in [0.15, 0.2) is 4.99 Å². The van der Waals surface area contributed by atoms with Crippen molar-refractivity contribution in [2.45, 2.75) is 62.9 Å². The van der Waals surface area contributed by atoms with Gasteiger partial charge in [0.1, 0.15) is 12.1 Å². The Balaban J connectivity index is 5.65. The molecule has 0 aliphatic heterocycles. The topological polar surface area (TPSA) is 316 Å². The van der Waals surface area contributed by atoms with E-state index < -0.39 is 78.7 Å². The molecule has 0 aromatic carbocycles. The molecule has 5 atom stereocenters. The number of rotatable bonds is 16. The zero-order chi connectivity index (χ0) is 27.3. The normalized spacial score (nSPS) is 14.8. The van der Waals surface area contributed by atoms with Gasteiger partial charge in [-0.3, -0.25) is 29.0 Å². The molecule has 0 rings (SSSR count). The quantitative estimate of drug-likeness (QED) is 0.0535. The Kier molecular flexibility index (Phi) is 13.3. The lowest BCUT2D eigenvalue weighted by Crippen LogP contribution is -2.58. The number of aliphatic carboxylic acids is 2. The maximum Gasteiger partial charge on any atom is 0.328 e. The van der Waals surface area contributed by atoms with Crippen LogP contribution in [-0.4, -0.2) is 93.7 Å². The average molecular weight is 505 g/mol. The smallest absolute Gasteiger partial charge is 0.328 e. The predicted octanol–water partition coefficient (Wildman–Crippen LogP) is -5.36. The molecule has 0 heterocycles. The molecule has 5 unspecified atom stereocenters. The van der Waals surface area contributed by atoms with E-state index in [4.69, 9.17) is 33.1 Å². The highest BCUT2D eigenvalue weighted by Crippen LogP contribution is 2.04. The molecular weight excluding hydrogens is 472 g/mol. The molecule has 0 fully saturated rings.